The van der Waals surface area contributed by atoms with Crippen LogP contribution in [0.3, 0.4) is 0 Å². The van der Waals surface area contributed by atoms with Crippen LogP contribution in [0.5, 0.6) is 0 Å². The van der Waals surface area contributed by atoms with Gasteiger partial charge in [0.1, 0.15) is 0 Å². The number of rotatable bonds is 5. The van der Waals surface area contributed by atoms with Crippen molar-refractivity contribution in [2.75, 3.05) is 12.3 Å². The van der Waals surface area contributed by atoms with E-state index in [-0.39, 0.29) is 17.6 Å². The molecule has 5 heteroatoms. The molecule has 0 amide bonds. The molecule has 1 saturated heterocycles. The highest BCUT2D eigenvalue weighted by Gasteiger charge is 2.33. The second-order valence-electron chi connectivity index (χ2n) is 7.65. The van der Waals surface area contributed by atoms with Gasteiger partial charge in [0.15, 0.2) is 5.17 Å². The van der Waals surface area contributed by atoms with Crippen LogP contribution < -0.4 is 0 Å². The maximum absolute atomic E-state index is 10.1. The molecule has 0 bridgehead atoms. The standard InChI is InChI=1S/C20H29N3OS/c1-6-7-10-23-18(14(2)24)13-25-19(23)22-17-9-8-15(12-21)11-16(17)20(3,4)5/h8-9,11,14,18,24H,6-7,10,13H2,1-5H3/t14-,18-/m1/s1. The van der Waals surface area contributed by atoms with Crippen molar-refractivity contribution in [3.8, 4) is 6.07 Å². The minimum atomic E-state index is -0.375. The van der Waals surface area contributed by atoms with Crippen LogP contribution in [0.15, 0.2) is 23.2 Å². The maximum atomic E-state index is 10.1. The Morgan fingerprint density at radius 3 is 2.72 bits per heavy atom. The van der Waals surface area contributed by atoms with Gasteiger partial charge in [-0.3, -0.25) is 0 Å². The normalized spacial score (nSPS) is 20.8. The Kier molecular flexibility index (Phi) is 6.53. The smallest absolute Gasteiger partial charge is 0.164 e. The van der Waals surface area contributed by atoms with Crippen LogP contribution in [0.25, 0.3) is 0 Å². The highest BCUT2D eigenvalue weighted by atomic mass is 32.2. The third-order valence-corrected chi connectivity index (χ3v) is 5.58. The van der Waals surface area contributed by atoms with E-state index in [2.05, 4.69) is 38.7 Å². The molecule has 0 aliphatic carbocycles. The Labute approximate surface area is 155 Å². The predicted octanol–water partition coefficient (Wildman–Crippen LogP) is 4.44. The number of aliphatic hydroxyl groups excluding tert-OH is 1. The van der Waals surface area contributed by atoms with E-state index < -0.39 is 0 Å². The number of aliphatic imine (C=N–C) groups is 1. The molecule has 25 heavy (non-hydrogen) atoms. The number of hydrogen-bond donors (Lipinski definition) is 1. The number of benzene rings is 1. The largest absolute Gasteiger partial charge is 0.391 e. The highest BCUT2D eigenvalue weighted by molar-refractivity contribution is 8.14. The van der Waals surface area contributed by atoms with Gasteiger partial charge in [-0.15, -0.1) is 0 Å². The van der Waals surface area contributed by atoms with E-state index in [0.717, 1.165) is 41.6 Å². The summed E-state index contributed by atoms with van der Waals surface area (Å²) in [5, 5.41) is 20.3. The molecular formula is C20H29N3OS. The fourth-order valence-electron chi connectivity index (χ4n) is 2.97. The molecule has 0 aromatic heterocycles. The van der Waals surface area contributed by atoms with Crippen molar-refractivity contribution in [1.29, 1.82) is 5.26 Å². The quantitative estimate of drug-likeness (QED) is 0.844. The zero-order chi connectivity index (χ0) is 18.6. The summed E-state index contributed by atoms with van der Waals surface area (Å²) < 4.78 is 0. The molecule has 4 nitrogen and oxygen atoms in total. The number of unbranched alkanes of at least 4 members (excludes halogenated alkanes) is 1. The lowest BCUT2D eigenvalue weighted by molar-refractivity contribution is 0.115. The van der Waals surface area contributed by atoms with Gasteiger partial charge in [0.2, 0.25) is 0 Å². The van der Waals surface area contributed by atoms with E-state index in [9.17, 15) is 10.4 Å². The summed E-state index contributed by atoms with van der Waals surface area (Å²) in [7, 11) is 0. The van der Waals surface area contributed by atoms with Gasteiger partial charge >= 0.3 is 0 Å². The van der Waals surface area contributed by atoms with Crippen molar-refractivity contribution in [2.45, 2.75) is 65.0 Å². The molecule has 1 aliphatic heterocycles. The Balaban J connectivity index is 2.42. The van der Waals surface area contributed by atoms with Crippen molar-refractivity contribution < 1.29 is 5.11 Å². The van der Waals surface area contributed by atoms with E-state index in [0.29, 0.717) is 5.56 Å². The van der Waals surface area contributed by atoms with Crippen LogP contribution in [0, 0.1) is 11.3 Å². The van der Waals surface area contributed by atoms with Crippen LogP contribution >= 0.6 is 11.8 Å². The topological polar surface area (TPSA) is 59.6 Å². The third kappa shape index (κ3) is 4.77. The van der Waals surface area contributed by atoms with Gasteiger partial charge in [-0.2, -0.15) is 5.26 Å². The third-order valence-electron chi connectivity index (χ3n) is 4.49. The van der Waals surface area contributed by atoms with Crippen molar-refractivity contribution >= 4 is 22.6 Å². The van der Waals surface area contributed by atoms with Crippen LogP contribution in [0.2, 0.25) is 0 Å². The maximum Gasteiger partial charge on any atom is 0.164 e. The van der Waals surface area contributed by atoms with Crippen molar-refractivity contribution in [1.82, 2.24) is 4.90 Å². The van der Waals surface area contributed by atoms with E-state index in [1.165, 1.54) is 0 Å². The summed E-state index contributed by atoms with van der Waals surface area (Å²) in [4.78, 5) is 7.21. The fourth-order valence-corrected chi connectivity index (χ4v) is 4.30. The molecule has 136 valence electrons. The number of nitriles is 1. The molecule has 1 aromatic carbocycles. The molecule has 2 atom stereocenters. The Bertz CT molecular complexity index is 670. The van der Waals surface area contributed by atoms with E-state index in [1.807, 2.05) is 25.1 Å². The summed E-state index contributed by atoms with van der Waals surface area (Å²) in [6.45, 7) is 11.4. The van der Waals surface area contributed by atoms with Gasteiger partial charge < -0.3 is 10.0 Å². The molecule has 0 saturated carbocycles. The molecular weight excluding hydrogens is 330 g/mol. The second-order valence-corrected chi connectivity index (χ2v) is 8.64. The van der Waals surface area contributed by atoms with Gasteiger partial charge in [0.25, 0.3) is 0 Å². The first kappa shape index (κ1) is 19.8. The van der Waals surface area contributed by atoms with Crippen molar-refractivity contribution in [3.05, 3.63) is 29.3 Å². The SMILES string of the molecule is CCCCN1C(=Nc2ccc(C#N)cc2C(C)(C)C)SC[C@@H]1[C@@H](C)O. The Hall–Kier alpha value is -1.51. The predicted molar refractivity (Wildman–Crippen MR) is 106 cm³/mol. The Morgan fingerprint density at radius 2 is 2.16 bits per heavy atom. The van der Waals surface area contributed by atoms with Crippen LogP contribution in [0.1, 0.15) is 58.6 Å². The number of thioether (sulfide) groups is 1. The fraction of sp³-hybridized carbons (Fsp3) is 0.600. The lowest BCUT2D eigenvalue weighted by Gasteiger charge is -2.28. The number of amidine groups is 1. The van der Waals surface area contributed by atoms with Crippen LogP contribution in [-0.4, -0.2) is 39.6 Å². The highest BCUT2D eigenvalue weighted by Crippen LogP contribution is 2.35. The number of aliphatic hydroxyl groups is 1. The summed E-state index contributed by atoms with van der Waals surface area (Å²) in [6.07, 6.45) is 1.83. The minimum absolute atomic E-state index is 0.0898. The summed E-state index contributed by atoms with van der Waals surface area (Å²) >= 11 is 1.71. The average Bonchev–Trinajstić information content (AvgIpc) is 2.95. The van der Waals surface area contributed by atoms with Gasteiger partial charge in [0.05, 0.1) is 29.5 Å². The van der Waals surface area contributed by atoms with Crippen LogP contribution in [0.4, 0.5) is 5.69 Å². The molecule has 1 aromatic rings. The van der Waals surface area contributed by atoms with Crippen molar-refractivity contribution in [2.24, 2.45) is 4.99 Å². The van der Waals surface area contributed by atoms with Gasteiger partial charge in [-0.25, -0.2) is 4.99 Å². The molecule has 0 spiro atoms. The average molecular weight is 360 g/mol. The zero-order valence-corrected chi connectivity index (χ0v) is 16.7. The molecule has 2 rings (SSSR count). The van der Waals surface area contributed by atoms with E-state index in [1.54, 1.807) is 11.8 Å². The van der Waals surface area contributed by atoms with Crippen molar-refractivity contribution in [3.63, 3.8) is 0 Å². The van der Waals surface area contributed by atoms with Gasteiger partial charge in [-0.1, -0.05) is 45.9 Å². The first-order chi connectivity index (χ1) is 11.8. The second kappa shape index (κ2) is 8.25. The first-order valence-electron chi connectivity index (χ1n) is 8.98. The molecule has 0 radical (unpaired) electrons. The summed E-state index contributed by atoms with van der Waals surface area (Å²) in [5.74, 6) is 0.862. The summed E-state index contributed by atoms with van der Waals surface area (Å²) in [5.41, 5.74) is 2.57. The van der Waals surface area contributed by atoms with Gasteiger partial charge in [0, 0.05) is 12.3 Å². The zero-order valence-electron chi connectivity index (χ0n) is 15.9. The minimum Gasteiger partial charge on any atom is -0.391 e. The lowest BCUT2D eigenvalue weighted by Crippen LogP contribution is -2.41. The molecule has 0 unspecified atom stereocenters. The summed E-state index contributed by atoms with van der Waals surface area (Å²) in [6, 6.07) is 8.06. The number of hydrogen-bond acceptors (Lipinski definition) is 4. The lowest BCUT2D eigenvalue weighted by atomic mass is 9.85. The molecule has 1 N–H and O–H groups in total. The number of nitrogens with zero attached hydrogens (tertiary/aromatic N) is 3. The van der Waals surface area contributed by atoms with Crippen LogP contribution in [-0.2, 0) is 5.41 Å². The molecule has 1 fully saturated rings. The first-order valence-corrected chi connectivity index (χ1v) is 9.97. The molecule has 1 aliphatic rings. The molecule has 1 heterocycles. The monoisotopic (exact) mass is 359 g/mol. The Morgan fingerprint density at radius 1 is 1.44 bits per heavy atom. The van der Waals surface area contributed by atoms with Gasteiger partial charge in [-0.05, 0) is 42.5 Å². The van der Waals surface area contributed by atoms with E-state index >= 15 is 0 Å². The van der Waals surface area contributed by atoms with E-state index in [4.69, 9.17) is 4.99 Å².